The number of aliphatic carboxylic acids is 1. The van der Waals surface area contributed by atoms with E-state index in [-0.39, 0.29) is 6.42 Å². The molecular weight excluding hydrogens is 330 g/mol. The van der Waals surface area contributed by atoms with Crippen molar-refractivity contribution in [1.82, 2.24) is 4.98 Å². The minimum atomic E-state index is -0.828. The molecule has 0 atom stereocenters. The van der Waals surface area contributed by atoms with Gasteiger partial charge in [0, 0.05) is 20.9 Å². The van der Waals surface area contributed by atoms with Crippen LogP contribution in [-0.4, -0.2) is 16.1 Å². The summed E-state index contributed by atoms with van der Waals surface area (Å²) >= 11 is 3.45. The zero-order valence-corrected chi connectivity index (χ0v) is 13.1. The lowest BCUT2D eigenvalue weighted by molar-refractivity contribution is -0.136. The molecule has 0 fully saturated rings. The molecular formula is C17H14BrNO2. The SMILES string of the molecule is Cc1ccccc1-c1[nH]c2ccc(Br)cc2c1CC(=O)O. The first-order chi connectivity index (χ1) is 10.1. The molecule has 106 valence electrons. The summed E-state index contributed by atoms with van der Waals surface area (Å²) in [6.07, 6.45) is 0.000120. The Morgan fingerprint density at radius 1 is 1.24 bits per heavy atom. The van der Waals surface area contributed by atoms with Gasteiger partial charge in [-0.1, -0.05) is 40.2 Å². The van der Waals surface area contributed by atoms with E-state index in [1.807, 2.05) is 49.4 Å². The van der Waals surface area contributed by atoms with Crippen LogP contribution in [0.1, 0.15) is 11.1 Å². The molecule has 2 aromatic carbocycles. The van der Waals surface area contributed by atoms with Crippen molar-refractivity contribution in [2.75, 3.05) is 0 Å². The fourth-order valence-corrected chi connectivity index (χ4v) is 3.00. The van der Waals surface area contributed by atoms with Crippen LogP contribution in [0, 0.1) is 6.92 Å². The molecule has 1 heterocycles. The topological polar surface area (TPSA) is 53.1 Å². The molecule has 0 aliphatic carbocycles. The second kappa shape index (κ2) is 5.37. The zero-order valence-electron chi connectivity index (χ0n) is 11.5. The third-order valence-corrected chi connectivity index (χ3v) is 4.10. The summed E-state index contributed by atoms with van der Waals surface area (Å²) < 4.78 is 0.942. The van der Waals surface area contributed by atoms with Gasteiger partial charge >= 0.3 is 5.97 Å². The number of H-pyrrole nitrogens is 1. The van der Waals surface area contributed by atoms with Crippen molar-refractivity contribution in [3.8, 4) is 11.3 Å². The van der Waals surface area contributed by atoms with Crippen LogP contribution in [-0.2, 0) is 11.2 Å². The van der Waals surface area contributed by atoms with Gasteiger partial charge in [-0.05, 0) is 36.2 Å². The van der Waals surface area contributed by atoms with Gasteiger partial charge in [0.2, 0.25) is 0 Å². The van der Waals surface area contributed by atoms with E-state index in [0.717, 1.165) is 37.8 Å². The highest BCUT2D eigenvalue weighted by Crippen LogP contribution is 2.33. The number of carboxylic acid groups (broad SMARTS) is 1. The Balaban J connectivity index is 2.31. The quantitative estimate of drug-likeness (QED) is 0.733. The first kappa shape index (κ1) is 13.9. The van der Waals surface area contributed by atoms with Gasteiger partial charge in [-0.3, -0.25) is 4.79 Å². The van der Waals surface area contributed by atoms with Gasteiger partial charge in [0.15, 0.2) is 0 Å². The van der Waals surface area contributed by atoms with Gasteiger partial charge in [0.25, 0.3) is 0 Å². The van der Waals surface area contributed by atoms with Crippen LogP contribution in [0.2, 0.25) is 0 Å². The van der Waals surface area contributed by atoms with Crippen LogP contribution in [0.3, 0.4) is 0 Å². The second-order valence-electron chi connectivity index (χ2n) is 5.05. The van der Waals surface area contributed by atoms with Gasteiger partial charge in [-0.25, -0.2) is 0 Å². The smallest absolute Gasteiger partial charge is 0.307 e. The maximum absolute atomic E-state index is 11.2. The molecule has 4 heteroatoms. The molecule has 0 radical (unpaired) electrons. The summed E-state index contributed by atoms with van der Waals surface area (Å²) in [5.41, 5.74) is 4.83. The molecule has 21 heavy (non-hydrogen) atoms. The molecule has 0 aliphatic rings. The standard InChI is InChI=1S/C17H14BrNO2/c1-10-4-2-3-5-12(10)17-14(9-16(20)21)13-8-11(18)6-7-15(13)19-17/h2-8,19H,9H2,1H3,(H,20,21). The maximum Gasteiger partial charge on any atom is 0.307 e. The summed E-state index contributed by atoms with van der Waals surface area (Å²) in [6.45, 7) is 2.03. The Bertz CT molecular complexity index is 836. The fraction of sp³-hybridized carbons (Fsp3) is 0.118. The number of hydrogen-bond donors (Lipinski definition) is 2. The van der Waals surface area contributed by atoms with Crippen molar-refractivity contribution in [3.63, 3.8) is 0 Å². The van der Waals surface area contributed by atoms with Crippen molar-refractivity contribution in [2.24, 2.45) is 0 Å². The molecule has 0 saturated heterocycles. The van der Waals surface area contributed by atoms with Gasteiger partial charge < -0.3 is 10.1 Å². The molecule has 0 unspecified atom stereocenters. The van der Waals surface area contributed by atoms with E-state index < -0.39 is 5.97 Å². The normalized spacial score (nSPS) is 11.0. The van der Waals surface area contributed by atoms with Gasteiger partial charge in [0.1, 0.15) is 0 Å². The number of carbonyl (C=O) groups is 1. The van der Waals surface area contributed by atoms with Gasteiger partial charge in [0.05, 0.1) is 12.1 Å². The summed E-state index contributed by atoms with van der Waals surface area (Å²) in [6, 6.07) is 13.9. The fourth-order valence-electron chi connectivity index (χ4n) is 2.64. The highest BCUT2D eigenvalue weighted by atomic mass is 79.9. The highest BCUT2D eigenvalue weighted by Gasteiger charge is 2.17. The number of rotatable bonds is 3. The molecule has 3 aromatic rings. The van der Waals surface area contributed by atoms with Crippen LogP contribution in [0.4, 0.5) is 0 Å². The number of aromatic nitrogens is 1. The number of hydrogen-bond acceptors (Lipinski definition) is 1. The molecule has 3 nitrogen and oxygen atoms in total. The van der Waals surface area contributed by atoms with Crippen molar-refractivity contribution in [3.05, 3.63) is 58.1 Å². The van der Waals surface area contributed by atoms with E-state index in [1.54, 1.807) is 0 Å². The van der Waals surface area contributed by atoms with Crippen LogP contribution in [0.5, 0.6) is 0 Å². The third-order valence-electron chi connectivity index (χ3n) is 3.61. The Kier molecular flexibility index (Phi) is 3.55. The average Bonchev–Trinajstić information content (AvgIpc) is 2.77. The number of aromatic amines is 1. The Morgan fingerprint density at radius 3 is 2.71 bits per heavy atom. The lowest BCUT2D eigenvalue weighted by Crippen LogP contribution is -2.01. The molecule has 1 aromatic heterocycles. The van der Waals surface area contributed by atoms with E-state index in [0.29, 0.717) is 0 Å². The largest absolute Gasteiger partial charge is 0.481 e. The average molecular weight is 344 g/mol. The van der Waals surface area contributed by atoms with Crippen LogP contribution in [0.25, 0.3) is 22.2 Å². The van der Waals surface area contributed by atoms with Gasteiger partial charge in [-0.15, -0.1) is 0 Å². The number of benzene rings is 2. The van der Waals surface area contributed by atoms with Crippen LogP contribution >= 0.6 is 15.9 Å². The van der Waals surface area contributed by atoms with E-state index in [1.165, 1.54) is 0 Å². The molecule has 0 aliphatic heterocycles. The summed E-state index contributed by atoms with van der Waals surface area (Å²) in [7, 11) is 0. The zero-order chi connectivity index (χ0) is 15.0. The summed E-state index contributed by atoms with van der Waals surface area (Å²) in [4.78, 5) is 14.6. The van der Waals surface area contributed by atoms with E-state index >= 15 is 0 Å². The second-order valence-corrected chi connectivity index (χ2v) is 5.97. The minimum Gasteiger partial charge on any atom is -0.481 e. The highest BCUT2D eigenvalue weighted by molar-refractivity contribution is 9.10. The van der Waals surface area contributed by atoms with E-state index in [4.69, 9.17) is 0 Å². The molecule has 0 spiro atoms. The molecule has 0 bridgehead atoms. The van der Waals surface area contributed by atoms with Gasteiger partial charge in [-0.2, -0.15) is 0 Å². The van der Waals surface area contributed by atoms with Crippen molar-refractivity contribution in [1.29, 1.82) is 0 Å². The molecule has 3 rings (SSSR count). The number of fused-ring (bicyclic) bond motifs is 1. The number of carboxylic acids is 1. The molecule has 2 N–H and O–H groups in total. The Hall–Kier alpha value is -2.07. The van der Waals surface area contributed by atoms with Crippen molar-refractivity contribution >= 4 is 32.8 Å². The Labute approximate surface area is 130 Å². The minimum absolute atomic E-state index is 0.000120. The maximum atomic E-state index is 11.2. The van der Waals surface area contributed by atoms with Crippen molar-refractivity contribution < 1.29 is 9.90 Å². The van der Waals surface area contributed by atoms with E-state index in [2.05, 4.69) is 20.9 Å². The number of halogens is 1. The number of aryl methyl sites for hydroxylation is 1. The Morgan fingerprint density at radius 2 is 2.00 bits per heavy atom. The molecule has 0 amide bonds. The van der Waals surface area contributed by atoms with Crippen LogP contribution < -0.4 is 0 Å². The molecule has 0 saturated carbocycles. The summed E-state index contributed by atoms with van der Waals surface area (Å²) in [5, 5.41) is 10.2. The van der Waals surface area contributed by atoms with Crippen molar-refractivity contribution in [2.45, 2.75) is 13.3 Å². The first-order valence-corrected chi connectivity index (χ1v) is 7.43. The lowest BCUT2D eigenvalue weighted by Gasteiger charge is -2.06. The van der Waals surface area contributed by atoms with E-state index in [9.17, 15) is 9.90 Å². The monoisotopic (exact) mass is 343 g/mol. The predicted octanol–water partition coefficient (Wildman–Crippen LogP) is 4.53. The number of nitrogens with one attached hydrogen (secondary N) is 1. The predicted molar refractivity (Wildman–Crippen MR) is 87.5 cm³/mol. The van der Waals surface area contributed by atoms with Crippen LogP contribution in [0.15, 0.2) is 46.9 Å². The third kappa shape index (κ3) is 2.59. The lowest BCUT2D eigenvalue weighted by atomic mass is 9.99. The first-order valence-electron chi connectivity index (χ1n) is 6.64. The summed E-state index contributed by atoms with van der Waals surface area (Å²) in [5.74, 6) is -0.828.